The second-order valence-corrected chi connectivity index (χ2v) is 11.9. The standard InChI is InChI=1S/C27H34Br2N2O3/c1-27(2,3)34-26(33)30-17-19-9-11-20(12-10-19)25(32)31-24(13-18-7-5-4-6-8-18)21-14-22(28)16-23(29)15-21/h4-8,14-16,19-20,24H,9-13,17H2,1-3H3,(H,30,33)(H,31,32). The molecular weight excluding hydrogens is 560 g/mol. The Hall–Kier alpha value is -1.86. The average Bonchev–Trinajstić information content (AvgIpc) is 2.76. The molecule has 0 spiro atoms. The Labute approximate surface area is 219 Å². The number of halogens is 2. The van der Waals surface area contributed by atoms with Crippen molar-refractivity contribution in [2.45, 2.75) is 64.5 Å². The van der Waals surface area contributed by atoms with Crippen LogP contribution in [0.5, 0.6) is 0 Å². The number of carbonyl (C=O) groups excluding carboxylic acids is 2. The van der Waals surface area contributed by atoms with Gasteiger partial charge in [0.15, 0.2) is 0 Å². The smallest absolute Gasteiger partial charge is 0.407 e. The van der Waals surface area contributed by atoms with E-state index in [-0.39, 0.29) is 24.0 Å². The molecule has 34 heavy (non-hydrogen) atoms. The molecule has 0 saturated heterocycles. The number of alkyl carbamates (subject to hydrolysis) is 1. The highest BCUT2D eigenvalue weighted by atomic mass is 79.9. The first-order valence-corrected chi connectivity index (χ1v) is 13.4. The second-order valence-electron chi connectivity index (χ2n) is 10.1. The van der Waals surface area contributed by atoms with Crippen LogP contribution in [0.25, 0.3) is 0 Å². The molecule has 0 heterocycles. The summed E-state index contributed by atoms with van der Waals surface area (Å²) in [6.07, 6.45) is 3.83. The topological polar surface area (TPSA) is 67.4 Å². The molecule has 184 valence electrons. The van der Waals surface area contributed by atoms with Crippen LogP contribution in [-0.4, -0.2) is 24.1 Å². The maximum atomic E-state index is 13.2. The van der Waals surface area contributed by atoms with Gasteiger partial charge in [0.1, 0.15) is 5.60 Å². The van der Waals surface area contributed by atoms with Crippen molar-refractivity contribution >= 4 is 43.9 Å². The molecule has 0 radical (unpaired) electrons. The summed E-state index contributed by atoms with van der Waals surface area (Å²) in [5.74, 6) is 0.472. The van der Waals surface area contributed by atoms with Crippen molar-refractivity contribution in [3.63, 3.8) is 0 Å². The third-order valence-corrected chi connectivity index (χ3v) is 6.95. The molecule has 2 N–H and O–H groups in total. The van der Waals surface area contributed by atoms with E-state index in [0.29, 0.717) is 12.5 Å². The van der Waals surface area contributed by atoms with Crippen molar-refractivity contribution < 1.29 is 14.3 Å². The van der Waals surface area contributed by atoms with E-state index in [2.05, 4.69) is 66.8 Å². The number of benzene rings is 2. The molecule has 0 aliphatic heterocycles. The third kappa shape index (κ3) is 8.73. The zero-order valence-electron chi connectivity index (χ0n) is 20.1. The molecule has 1 atom stereocenters. The van der Waals surface area contributed by atoms with Crippen LogP contribution in [0.3, 0.4) is 0 Å². The van der Waals surface area contributed by atoms with Crippen molar-refractivity contribution in [2.75, 3.05) is 6.54 Å². The maximum absolute atomic E-state index is 13.2. The Kier molecular flexibility index (Phi) is 9.60. The lowest BCUT2D eigenvalue weighted by atomic mass is 9.81. The van der Waals surface area contributed by atoms with Crippen molar-refractivity contribution in [3.05, 3.63) is 68.6 Å². The number of hydrogen-bond acceptors (Lipinski definition) is 3. The van der Waals surface area contributed by atoms with Crippen molar-refractivity contribution in [2.24, 2.45) is 11.8 Å². The van der Waals surface area contributed by atoms with Crippen LogP contribution < -0.4 is 10.6 Å². The zero-order chi connectivity index (χ0) is 24.7. The van der Waals surface area contributed by atoms with E-state index in [4.69, 9.17) is 4.74 Å². The SMILES string of the molecule is CC(C)(C)OC(=O)NCC1CCC(C(=O)NC(Cc2ccccc2)c2cc(Br)cc(Br)c2)CC1. The number of nitrogens with one attached hydrogen (secondary N) is 2. The first-order valence-electron chi connectivity index (χ1n) is 11.9. The molecule has 1 fully saturated rings. The van der Waals surface area contributed by atoms with Gasteiger partial charge < -0.3 is 15.4 Å². The minimum Gasteiger partial charge on any atom is -0.444 e. The van der Waals surface area contributed by atoms with Crippen molar-refractivity contribution in [1.82, 2.24) is 10.6 Å². The Bertz CT molecular complexity index is 947. The van der Waals surface area contributed by atoms with Crippen LogP contribution in [0.1, 0.15) is 63.6 Å². The van der Waals surface area contributed by atoms with Gasteiger partial charge in [-0.15, -0.1) is 0 Å². The molecule has 1 aliphatic carbocycles. The summed E-state index contributed by atoms with van der Waals surface area (Å²) in [6.45, 7) is 6.16. The van der Waals surface area contributed by atoms with Gasteiger partial charge in [-0.25, -0.2) is 4.79 Å². The van der Waals surface area contributed by atoms with Crippen LogP contribution in [0, 0.1) is 11.8 Å². The van der Waals surface area contributed by atoms with Gasteiger partial charge in [-0.1, -0.05) is 62.2 Å². The molecular formula is C27H34Br2N2O3. The molecule has 1 aliphatic rings. The molecule has 0 bridgehead atoms. The van der Waals surface area contributed by atoms with Gasteiger partial charge >= 0.3 is 6.09 Å². The molecule has 2 aromatic carbocycles. The van der Waals surface area contributed by atoms with Gasteiger partial charge in [0.2, 0.25) is 5.91 Å². The Morgan fingerprint density at radius 3 is 2.21 bits per heavy atom. The molecule has 2 amide bonds. The van der Waals surface area contributed by atoms with Crippen LogP contribution >= 0.6 is 31.9 Å². The van der Waals surface area contributed by atoms with E-state index in [1.54, 1.807) is 0 Å². The first kappa shape index (κ1) is 26.7. The fourth-order valence-electron chi connectivity index (χ4n) is 4.34. The van der Waals surface area contributed by atoms with Gasteiger partial charge in [-0.3, -0.25) is 4.79 Å². The lowest BCUT2D eigenvalue weighted by molar-refractivity contribution is -0.127. The molecule has 1 saturated carbocycles. The molecule has 1 unspecified atom stereocenters. The third-order valence-electron chi connectivity index (χ3n) is 6.04. The van der Waals surface area contributed by atoms with E-state index in [9.17, 15) is 9.59 Å². The lowest BCUT2D eigenvalue weighted by Gasteiger charge is -2.30. The monoisotopic (exact) mass is 592 g/mol. The first-order chi connectivity index (χ1) is 16.1. The van der Waals surface area contributed by atoms with E-state index >= 15 is 0 Å². The highest BCUT2D eigenvalue weighted by Gasteiger charge is 2.29. The number of hydrogen-bond donors (Lipinski definition) is 2. The van der Waals surface area contributed by atoms with Crippen molar-refractivity contribution in [3.8, 4) is 0 Å². The summed E-state index contributed by atoms with van der Waals surface area (Å²) >= 11 is 7.15. The van der Waals surface area contributed by atoms with E-state index in [1.165, 1.54) is 5.56 Å². The summed E-state index contributed by atoms with van der Waals surface area (Å²) < 4.78 is 7.27. The maximum Gasteiger partial charge on any atom is 0.407 e. The van der Waals surface area contributed by atoms with Crippen LogP contribution in [0.2, 0.25) is 0 Å². The summed E-state index contributed by atoms with van der Waals surface area (Å²) in [7, 11) is 0. The predicted octanol–water partition coefficient (Wildman–Crippen LogP) is 6.94. The molecule has 7 heteroatoms. The molecule has 2 aromatic rings. The fourth-order valence-corrected chi connectivity index (χ4v) is 5.67. The summed E-state index contributed by atoms with van der Waals surface area (Å²) in [4.78, 5) is 25.2. The molecule has 0 aromatic heterocycles. The van der Waals surface area contributed by atoms with E-state index < -0.39 is 5.60 Å². The van der Waals surface area contributed by atoms with Gasteiger partial charge in [-0.05, 0) is 88.1 Å². The number of ether oxygens (including phenoxy) is 1. The van der Waals surface area contributed by atoms with Crippen LogP contribution in [0.4, 0.5) is 4.79 Å². The van der Waals surface area contributed by atoms with E-state index in [1.807, 2.05) is 45.0 Å². The molecule has 5 nitrogen and oxygen atoms in total. The van der Waals surface area contributed by atoms with Crippen LogP contribution in [0.15, 0.2) is 57.5 Å². The van der Waals surface area contributed by atoms with Gasteiger partial charge in [0, 0.05) is 21.4 Å². The Balaban J connectivity index is 1.57. The van der Waals surface area contributed by atoms with E-state index in [0.717, 1.165) is 46.6 Å². The number of rotatable bonds is 7. The van der Waals surface area contributed by atoms with Crippen LogP contribution in [-0.2, 0) is 16.0 Å². The highest BCUT2D eigenvalue weighted by molar-refractivity contribution is 9.11. The minimum atomic E-state index is -0.500. The summed E-state index contributed by atoms with van der Waals surface area (Å²) in [6, 6.07) is 16.3. The number of carbonyl (C=O) groups is 2. The van der Waals surface area contributed by atoms with Gasteiger partial charge in [-0.2, -0.15) is 0 Å². The fraction of sp³-hybridized carbons (Fsp3) is 0.481. The Morgan fingerprint density at radius 2 is 1.62 bits per heavy atom. The molecule has 3 rings (SSSR count). The quantitative estimate of drug-likeness (QED) is 0.365. The Morgan fingerprint density at radius 1 is 1.00 bits per heavy atom. The zero-order valence-corrected chi connectivity index (χ0v) is 23.2. The largest absolute Gasteiger partial charge is 0.444 e. The lowest BCUT2D eigenvalue weighted by Crippen LogP contribution is -2.39. The minimum absolute atomic E-state index is 0.00774. The predicted molar refractivity (Wildman–Crippen MR) is 143 cm³/mol. The normalized spacial score (nSPS) is 19.2. The van der Waals surface area contributed by atoms with Gasteiger partial charge in [0.25, 0.3) is 0 Å². The summed E-state index contributed by atoms with van der Waals surface area (Å²) in [5.41, 5.74) is 1.74. The second kappa shape index (κ2) is 12.2. The average molecular weight is 594 g/mol. The number of amides is 2. The van der Waals surface area contributed by atoms with Gasteiger partial charge in [0.05, 0.1) is 6.04 Å². The van der Waals surface area contributed by atoms with Crippen molar-refractivity contribution in [1.29, 1.82) is 0 Å². The summed E-state index contributed by atoms with van der Waals surface area (Å²) in [5, 5.41) is 6.20. The highest BCUT2D eigenvalue weighted by Crippen LogP contribution is 2.31.